The van der Waals surface area contributed by atoms with Gasteiger partial charge in [-0.2, -0.15) is 0 Å². The quantitative estimate of drug-likeness (QED) is 0.922. The molecule has 1 saturated heterocycles. The van der Waals surface area contributed by atoms with Crippen LogP contribution >= 0.6 is 0 Å². The van der Waals surface area contributed by atoms with Crippen LogP contribution in [-0.4, -0.2) is 43.3 Å². The number of benzene rings is 1. The van der Waals surface area contributed by atoms with Crippen molar-refractivity contribution in [1.82, 2.24) is 10.2 Å². The van der Waals surface area contributed by atoms with Crippen molar-refractivity contribution in [2.75, 3.05) is 20.2 Å². The highest BCUT2D eigenvalue weighted by Gasteiger charge is 2.40. The summed E-state index contributed by atoms with van der Waals surface area (Å²) in [7, 11) is 1.84. The van der Waals surface area contributed by atoms with Gasteiger partial charge in [-0.05, 0) is 24.3 Å². The lowest BCUT2D eigenvalue weighted by Gasteiger charge is -2.51. The van der Waals surface area contributed by atoms with Crippen molar-refractivity contribution in [3.05, 3.63) is 35.9 Å². The van der Waals surface area contributed by atoms with Gasteiger partial charge in [0.2, 0.25) is 0 Å². The van der Waals surface area contributed by atoms with Gasteiger partial charge in [-0.3, -0.25) is 4.90 Å². The topological polar surface area (TPSA) is 24.5 Å². The minimum atomic E-state index is 0.461. The first-order valence-corrected chi connectivity index (χ1v) is 8.26. The minimum Gasteiger partial charge on any atom is -0.381 e. The van der Waals surface area contributed by atoms with Gasteiger partial charge in [0.1, 0.15) is 0 Å². The molecule has 3 heteroatoms. The number of nitrogens with one attached hydrogen (secondary N) is 1. The van der Waals surface area contributed by atoms with Crippen molar-refractivity contribution in [3.8, 4) is 0 Å². The third kappa shape index (κ3) is 3.15. The molecule has 21 heavy (non-hydrogen) atoms. The third-order valence-electron chi connectivity index (χ3n) is 5.24. The number of nitrogens with zero attached hydrogens (tertiary/aromatic N) is 1. The Kier molecular flexibility index (Phi) is 4.63. The lowest BCUT2D eigenvalue weighted by Crippen LogP contribution is -2.61. The number of methoxy groups -OCH3 is 1. The average molecular weight is 288 g/mol. The number of hydrogen-bond donors (Lipinski definition) is 1. The summed E-state index contributed by atoms with van der Waals surface area (Å²) < 4.78 is 5.47. The summed E-state index contributed by atoms with van der Waals surface area (Å²) in [5.41, 5.74) is 1.41. The Labute approximate surface area is 128 Å². The highest BCUT2D eigenvalue weighted by Crippen LogP contribution is 2.34. The molecule has 0 amide bonds. The molecule has 2 unspecified atom stereocenters. The Hall–Kier alpha value is -0.900. The third-order valence-corrected chi connectivity index (χ3v) is 5.24. The van der Waals surface area contributed by atoms with Crippen molar-refractivity contribution < 1.29 is 4.74 Å². The van der Waals surface area contributed by atoms with Crippen LogP contribution in [0.4, 0.5) is 0 Å². The normalized spacial score (nSPS) is 33.9. The van der Waals surface area contributed by atoms with E-state index in [9.17, 15) is 0 Å². The molecule has 1 aromatic carbocycles. The molecule has 0 radical (unpaired) electrons. The van der Waals surface area contributed by atoms with E-state index in [2.05, 4.69) is 54.4 Å². The number of piperazine rings is 1. The fraction of sp³-hybridized carbons (Fsp3) is 0.667. The van der Waals surface area contributed by atoms with E-state index in [0.717, 1.165) is 13.1 Å². The largest absolute Gasteiger partial charge is 0.381 e. The standard InChI is InChI=1S/C18H28N2O/c1-13(2)18-11-19-17(14-7-5-4-6-8-14)12-20(18)15-9-16(10-15)21-3/h4-8,13,15-19H,9-12H2,1-3H3. The molecular weight excluding hydrogens is 260 g/mol. The van der Waals surface area contributed by atoms with Crippen LogP contribution in [0.5, 0.6) is 0 Å². The van der Waals surface area contributed by atoms with E-state index >= 15 is 0 Å². The van der Waals surface area contributed by atoms with Crippen LogP contribution in [0.25, 0.3) is 0 Å². The van der Waals surface area contributed by atoms with Crippen LogP contribution in [-0.2, 0) is 4.74 Å². The van der Waals surface area contributed by atoms with Gasteiger partial charge in [-0.25, -0.2) is 0 Å². The van der Waals surface area contributed by atoms with E-state index in [1.54, 1.807) is 0 Å². The minimum absolute atomic E-state index is 0.461. The van der Waals surface area contributed by atoms with Gasteiger partial charge in [-0.15, -0.1) is 0 Å². The maximum atomic E-state index is 5.47. The van der Waals surface area contributed by atoms with Crippen LogP contribution in [0, 0.1) is 5.92 Å². The van der Waals surface area contributed by atoms with E-state index in [1.807, 2.05) is 7.11 Å². The van der Waals surface area contributed by atoms with Crippen molar-refractivity contribution in [2.24, 2.45) is 5.92 Å². The highest BCUT2D eigenvalue weighted by atomic mass is 16.5. The van der Waals surface area contributed by atoms with E-state index in [4.69, 9.17) is 4.74 Å². The number of rotatable bonds is 4. The van der Waals surface area contributed by atoms with Crippen LogP contribution in [0.15, 0.2) is 30.3 Å². The van der Waals surface area contributed by atoms with Crippen LogP contribution in [0.3, 0.4) is 0 Å². The molecule has 1 aliphatic carbocycles. The second-order valence-electron chi connectivity index (χ2n) is 6.86. The first kappa shape index (κ1) is 15.0. The molecule has 2 fully saturated rings. The highest BCUT2D eigenvalue weighted by molar-refractivity contribution is 5.20. The van der Waals surface area contributed by atoms with Gasteiger partial charge >= 0.3 is 0 Å². The fourth-order valence-corrected chi connectivity index (χ4v) is 3.74. The van der Waals surface area contributed by atoms with Crippen molar-refractivity contribution in [1.29, 1.82) is 0 Å². The van der Waals surface area contributed by atoms with Gasteiger partial charge in [0.05, 0.1) is 6.10 Å². The molecule has 0 bridgehead atoms. The summed E-state index contributed by atoms with van der Waals surface area (Å²) in [5.74, 6) is 0.691. The Bertz CT molecular complexity index is 442. The first-order valence-electron chi connectivity index (χ1n) is 8.26. The van der Waals surface area contributed by atoms with Crippen molar-refractivity contribution in [3.63, 3.8) is 0 Å². The van der Waals surface area contributed by atoms with E-state index < -0.39 is 0 Å². The fourth-order valence-electron chi connectivity index (χ4n) is 3.74. The average Bonchev–Trinajstić information content (AvgIpc) is 2.47. The molecule has 2 aliphatic rings. The van der Waals surface area contributed by atoms with Crippen molar-refractivity contribution >= 4 is 0 Å². The Morgan fingerprint density at radius 1 is 1.19 bits per heavy atom. The molecular formula is C18H28N2O. The number of ether oxygens (including phenoxy) is 1. The predicted molar refractivity (Wildman–Crippen MR) is 86.3 cm³/mol. The summed E-state index contributed by atoms with van der Waals surface area (Å²) in [6.07, 6.45) is 2.87. The zero-order chi connectivity index (χ0) is 14.8. The molecule has 3 rings (SSSR count). The first-order chi connectivity index (χ1) is 10.2. The summed E-state index contributed by atoms with van der Waals surface area (Å²) >= 11 is 0. The van der Waals surface area contributed by atoms with Crippen LogP contribution in [0.2, 0.25) is 0 Å². The maximum Gasteiger partial charge on any atom is 0.0601 e. The smallest absolute Gasteiger partial charge is 0.0601 e. The molecule has 1 heterocycles. The zero-order valence-corrected chi connectivity index (χ0v) is 13.5. The molecule has 1 saturated carbocycles. The molecule has 3 nitrogen and oxygen atoms in total. The van der Waals surface area contributed by atoms with E-state index in [0.29, 0.717) is 30.1 Å². The Balaban J connectivity index is 1.70. The second kappa shape index (κ2) is 6.47. The van der Waals surface area contributed by atoms with Gasteiger partial charge < -0.3 is 10.1 Å². The lowest BCUT2D eigenvalue weighted by atomic mass is 9.83. The van der Waals surface area contributed by atoms with Crippen LogP contribution in [0.1, 0.15) is 38.3 Å². The molecule has 0 spiro atoms. The molecule has 0 aromatic heterocycles. The SMILES string of the molecule is COC1CC(N2CC(c3ccccc3)NCC2C(C)C)C1. The number of hydrogen-bond acceptors (Lipinski definition) is 3. The molecule has 1 aliphatic heterocycles. The van der Waals surface area contributed by atoms with Crippen molar-refractivity contribution in [2.45, 2.75) is 50.9 Å². The lowest BCUT2D eigenvalue weighted by molar-refractivity contribution is -0.0597. The Morgan fingerprint density at radius 3 is 2.52 bits per heavy atom. The Morgan fingerprint density at radius 2 is 1.90 bits per heavy atom. The van der Waals surface area contributed by atoms with Gasteiger partial charge in [0.15, 0.2) is 0 Å². The summed E-state index contributed by atoms with van der Waals surface area (Å²) in [5, 5.41) is 3.75. The second-order valence-corrected chi connectivity index (χ2v) is 6.86. The van der Waals surface area contributed by atoms with Gasteiger partial charge in [-0.1, -0.05) is 44.2 Å². The van der Waals surface area contributed by atoms with Gasteiger partial charge in [0, 0.05) is 38.3 Å². The monoisotopic (exact) mass is 288 g/mol. The zero-order valence-electron chi connectivity index (χ0n) is 13.5. The predicted octanol–water partition coefficient (Wildman–Crippen LogP) is 2.83. The van der Waals surface area contributed by atoms with Gasteiger partial charge in [0.25, 0.3) is 0 Å². The summed E-state index contributed by atoms with van der Waals surface area (Å²) in [6, 6.07) is 12.7. The molecule has 116 valence electrons. The molecule has 1 aromatic rings. The summed E-state index contributed by atoms with van der Waals surface area (Å²) in [6.45, 7) is 6.89. The molecule has 2 atom stereocenters. The van der Waals surface area contributed by atoms with Crippen LogP contribution < -0.4 is 5.32 Å². The van der Waals surface area contributed by atoms with E-state index in [1.165, 1.54) is 18.4 Å². The summed E-state index contributed by atoms with van der Waals surface area (Å²) in [4.78, 5) is 2.74. The maximum absolute atomic E-state index is 5.47. The van der Waals surface area contributed by atoms with E-state index in [-0.39, 0.29) is 0 Å². The molecule has 1 N–H and O–H groups in total.